The molecule has 0 radical (unpaired) electrons. The molecule has 1 heterocycles. The van der Waals surface area contributed by atoms with E-state index in [0.29, 0.717) is 0 Å². The number of anilines is 1. The molecule has 0 bridgehead atoms. The Morgan fingerprint density at radius 1 is 1.28 bits per heavy atom. The van der Waals surface area contributed by atoms with Crippen molar-refractivity contribution < 1.29 is 15.0 Å². The first kappa shape index (κ1) is 12.1. The summed E-state index contributed by atoms with van der Waals surface area (Å²) in [6.45, 7) is 0. The number of carbonyl (C=O) groups is 1. The van der Waals surface area contributed by atoms with E-state index in [2.05, 4.69) is 15.3 Å². The van der Waals surface area contributed by atoms with Crippen molar-refractivity contribution in [2.75, 3.05) is 5.32 Å². The fourth-order valence-corrected chi connectivity index (χ4v) is 1.45. The average molecular weight is 266 g/mol. The number of amides is 1. The molecule has 18 heavy (non-hydrogen) atoms. The van der Waals surface area contributed by atoms with Gasteiger partial charge < -0.3 is 15.5 Å². The lowest BCUT2D eigenvalue weighted by atomic mass is 10.1. The van der Waals surface area contributed by atoms with Gasteiger partial charge in [0.25, 0.3) is 5.91 Å². The number of carbonyl (C=O) groups excluding carboxylic acids is 1. The summed E-state index contributed by atoms with van der Waals surface area (Å²) in [5.74, 6) is -1.28. The van der Waals surface area contributed by atoms with Crippen molar-refractivity contribution in [3.05, 3.63) is 41.3 Å². The summed E-state index contributed by atoms with van der Waals surface area (Å²) in [5, 5.41) is 21.2. The zero-order valence-electron chi connectivity index (χ0n) is 8.96. The normalized spacial score (nSPS) is 10.1. The van der Waals surface area contributed by atoms with E-state index in [1.165, 1.54) is 30.5 Å². The minimum atomic E-state index is -0.613. The number of rotatable bonds is 2. The number of para-hydroxylation sites is 1. The molecule has 2 aromatic rings. The molecule has 0 aliphatic heterocycles. The van der Waals surface area contributed by atoms with E-state index in [1.54, 1.807) is 0 Å². The van der Waals surface area contributed by atoms with Crippen LogP contribution in [0.15, 0.2) is 30.5 Å². The first-order valence-corrected chi connectivity index (χ1v) is 5.26. The van der Waals surface area contributed by atoms with Gasteiger partial charge in [0.2, 0.25) is 5.28 Å². The molecule has 0 atom stereocenters. The van der Waals surface area contributed by atoms with Gasteiger partial charge in [-0.15, -0.1) is 0 Å². The van der Waals surface area contributed by atoms with Crippen LogP contribution in [0.25, 0.3) is 0 Å². The van der Waals surface area contributed by atoms with Gasteiger partial charge in [0.05, 0.1) is 5.56 Å². The van der Waals surface area contributed by atoms with Crippen molar-refractivity contribution >= 4 is 23.3 Å². The van der Waals surface area contributed by atoms with Gasteiger partial charge in [-0.25, -0.2) is 9.97 Å². The monoisotopic (exact) mass is 265 g/mol. The van der Waals surface area contributed by atoms with Crippen molar-refractivity contribution in [2.24, 2.45) is 0 Å². The van der Waals surface area contributed by atoms with E-state index in [1.807, 2.05) is 0 Å². The first-order chi connectivity index (χ1) is 8.58. The van der Waals surface area contributed by atoms with Crippen LogP contribution in [0.4, 0.5) is 5.82 Å². The molecule has 92 valence electrons. The van der Waals surface area contributed by atoms with Crippen LogP contribution in [0.1, 0.15) is 10.4 Å². The summed E-state index contributed by atoms with van der Waals surface area (Å²) in [6, 6.07) is 5.53. The van der Waals surface area contributed by atoms with Gasteiger partial charge in [-0.05, 0) is 29.8 Å². The molecular formula is C11H8ClN3O3. The van der Waals surface area contributed by atoms with Gasteiger partial charge in [-0.3, -0.25) is 4.79 Å². The highest BCUT2D eigenvalue weighted by Crippen LogP contribution is 2.28. The molecule has 0 saturated carbocycles. The van der Waals surface area contributed by atoms with Crippen LogP contribution >= 0.6 is 11.6 Å². The lowest BCUT2D eigenvalue weighted by Gasteiger charge is -2.06. The quantitative estimate of drug-likeness (QED) is 0.568. The molecule has 1 amide bonds. The van der Waals surface area contributed by atoms with E-state index in [0.717, 1.165) is 0 Å². The second-order valence-electron chi connectivity index (χ2n) is 3.34. The smallest absolute Gasteiger partial charge is 0.260 e. The van der Waals surface area contributed by atoms with Crippen LogP contribution in [-0.2, 0) is 0 Å². The van der Waals surface area contributed by atoms with E-state index < -0.39 is 11.7 Å². The van der Waals surface area contributed by atoms with Crippen LogP contribution in [0.5, 0.6) is 11.5 Å². The molecule has 0 aliphatic rings. The van der Waals surface area contributed by atoms with Crippen LogP contribution in [0, 0.1) is 0 Å². The number of nitrogens with one attached hydrogen (secondary N) is 1. The lowest BCUT2D eigenvalue weighted by molar-refractivity contribution is 0.102. The highest BCUT2D eigenvalue weighted by Gasteiger charge is 2.14. The first-order valence-electron chi connectivity index (χ1n) is 4.89. The average Bonchev–Trinajstić information content (AvgIpc) is 2.32. The lowest BCUT2D eigenvalue weighted by Crippen LogP contribution is -2.13. The maximum absolute atomic E-state index is 11.8. The number of phenols is 2. The third kappa shape index (κ3) is 2.49. The molecule has 6 nitrogen and oxygen atoms in total. The zero-order valence-corrected chi connectivity index (χ0v) is 9.72. The maximum atomic E-state index is 11.8. The Kier molecular flexibility index (Phi) is 3.29. The van der Waals surface area contributed by atoms with Crippen LogP contribution in [-0.4, -0.2) is 26.1 Å². The van der Waals surface area contributed by atoms with Gasteiger partial charge >= 0.3 is 0 Å². The van der Waals surface area contributed by atoms with Gasteiger partial charge in [0.15, 0.2) is 11.5 Å². The van der Waals surface area contributed by atoms with Crippen molar-refractivity contribution in [2.45, 2.75) is 0 Å². The predicted octanol–water partition coefficient (Wildman–Crippen LogP) is 1.79. The molecule has 0 fully saturated rings. The Balaban J connectivity index is 2.25. The van der Waals surface area contributed by atoms with E-state index in [-0.39, 0.29) is 22.4 Å². The van der Waals surface area contributed by atoms with Crippen molar-refractivity contribution in [1.29, 1.82) is 0 Å². The largest absolute Gasteiger partial charge is 0.504 e. The molecule has 7 heteroatoms. The van der Waals surface area contributed by atoms with Crippen LogP contribution < -0.4 is 5.32 Å². The molecule has 1 aromatic heterocycles. The fourth-order valence-electron chi connectivity index (χ4n) is 1.30. The molecule has 0 spiro atoms. The highest BCUT2D eigenvalue weighted by atomic mass is 35.5. The minimum absolute atomic E-state index is 0.00655. The third-order valence-corrected chi connectivity index (χ3v) is 2.31. The second-order valence-corrected chi connectivity index (χ2v) is 3.68. The van der Waals surface area contributed by atoms with Gasteiger partial charge in [0, 0.05) is 6.20 Å². The highest BCUT2D eigenvalue weighted by molar-refractivity contribution is 6.28. The van der Waals surface area contributed by atoms with E-state index in [9.17, 15) is 15.0 Å². The fraction of sp³-hybridized carbons (Fsp3) is 0. The SMILES string of the molecule is O=C(Nc1ccnc(Cl)n1)c1cccc(O)c1O. The number of benzene rings is 1. The Morgan fingerprint density at radius 2 is 2.06 bits per heavy atom. The number of hydrogen-bond donors (Lipinski definition) is 3. The Bertz CT molecular complexity index is 604. The van der Waals surface area contributed by atoms with Crippen molar-refractivity contribution in [3.63, 3.8) is 0 Å². The van der Waals surface area contributed by atoms with E-state index in [4.69, 9.17) is 11.6 Å². The molecule has 1 aromatic carbocycles. The topological polar surface area (TPSA) is 95.3 Å². The van der Waals surface area contributed by atoms with Gasteiger partial charge in [-0.1, -0.05) is 6.07 Å². The summed E-state index contributed by atoms with van der Waals surface area (Å²) >= 11 is 5.57. The number of aromatic hydroxyl groups is 2. The Hall–Kier alpha value is -2.34. The molecule has 0 aliphatic carbocycles. The standard InChI is InChI=1S/C11H8ClN3O3/c12-11-13-5-4-8(15-11)14-10(18)6-2-1-3-7(16)9(6)17/h1-5,16-17H,(H,13,14,15,18). The molecule has 3 N–H and O–H groups in total. The molecule has 2 rings (SSSR count). The molecular weight excluding hydrogens is 258 g/mol. The zero-order chi connectivity index (χ0) is 13.1. The minimum Gasteiger partial charge on any atom is -0.504 e. The van der Waals surface area contributed by atoms with Gasteiger partial charge in [0.1, 0.15) is 5.82 Å². The molecule has 0 unspecified atom stereocenters. The summed E-state index contributed by atoms with van der Waals surface area (Å²) in [7, 11) is 0. The number of phenolic OH excluding ortho intramolecular Hbond substituents is 2. The van der Waals surface area contributed by atoms with Crippen LogP contribution in [0.2, 0.25) is 5.28 Å². The van der Waals surface area contributed by atoms with Crippen molar-refractivity contribution in [1.82, 2.24) is 9.97 Å². The summed E-state index contributed by atoms with van der Waals surface area (Å²) < 4.78 is 0. The number of aromatic nitrogens is 2. The maximum Gasteiger partial charge on any atom is 0.260 e. The van der Waals surface area contributed by atoms with Gasteiger partial charge in [-0.2, -0.15) is 0 Å². The second kappa shape index (κ2) is 4.89. The summed E-state index contributed by atoms with van der Waals surface area (Å²) in [5.41, 5.74) is -0.0651. The predicted molar refractivity (Wildman–Crippen MR) is 64.8 cm³/mol. The Morgan fingerprint density at radius 3 is 2.78 bits per heavy atom. The van der Waals surface area contributed by atoms with Crippen LogP contribution in [0.3, 0.4) is 0 Å². The van der Waals surface area contributed by atoms with E-state index >= 15 is 0 Å². The Labute approximate surface area is 107 Å². The third-order valence-electron chi connectivity index (χ3n) is 2.13. The number of nitrogens with zero attached hydrogens (tertiary/aromatic N) is 2. The van der Waals surface area contributed by atoms with Crippen molar-refractivity contribution in [3.8, 4) is 11.5 Å². The summed E-state index contributed by atoms with van der Waals surface area (Å²) in [4.78, 5) is 19.2. The summed E-state index contributed by atoms with van der Waals surface area (Å²) in [6.07, 6.45) is 1.38. The number of hydrogen-bond acceptors (Lipinski definition) is 5. The molecule has 0 saturated heterocycles. The number of halogens is 1.